The van der Waals surface area contributed by atoms with Crippen molar-refractivity contribution in [2.75, 3.05) is 0 Å². The van der Waals surface area contributed by atoms with E-state index < -0.39 is 12.1 Å². The maximum Gasteiger partial charge on any atom is 0.336 e. The van der Waals surface area contributed by atoms with Crippen molar-refractivity contribution in [3.63, 3.8) is 0 Å². The summed E-state index contributed by atoms with van der Waals surface area (Å²) in [6.07, 6.45) is 2.25. The van der Waals surface area contributed by atoms with Gasteiger partial charge >= 0.3 is 11.9 Å². The summed E-state index contributed by atoms with van der Waals surface area (Å²) in [5, 5.41) is 9.62. The molecule has 0 amide bonds. The summed E-state index contributed by atoms with van der Waals surface area (Å²) in [5.41, 5.74) is 6.89. The molecule has 2 heterocycles. The lowest BCUT2D eigenvalue weighted by atomic mass is 9.96. The van der Waals surface area contributed by atoms with Crippen molar-refractivity contribution >= 4 is 17.6 Å². The second-order valence-electron chi connectivity index (χ2n) is 9.23. The molecule has 0 saturated heterocycles. The Morgan fingerprint density at radius 2 is 1.63 bits per heavy atom. The van der Waals surface area contributed by atoms with E-state index in [1.165, 1.54) is 0 Å². The molecule has 1 unspecified atom stereocenters. The van der Waals surface area contributed by atoms with E-state index in [1.807, 2.05) is 90.3 Å². The number of hydrogen-bond donors (Lipinski definition) is 1. The van der Waals surface area contributed by atoms with Gasteiger partial charge < -0.3 is 9.84 Å². The maximum absolute atomic E-state index is 13.1. The highest BCUT2D eigenvalue weighted by Crippen LogP contribution is 2.31. The van der Waals surface area contributed by atoms with Gasteiger partial charge in [-0.3, -0.25) is 9.20 Å². The van der Waals surface area contributed by atoms with Crippen LogP contribution in [0.25, 0.3) is 16.8 Å². The van der Waals surface area contributed by atoms with E-state index in [9.17, 15) is 14.7 Å². The van der Waals surface area contributed by atoms with Crippen LogP contribution < -0.4 is 0 Å². The first-order chi connectivity index (χ1) is 18.4. The molecule has 6 heteroatoms. The third-order valence-corrected chi connectivity index (χ3v) is 6.64. The Hall–Kier alpha value is -4.71. The van der Waals surface area contributed by atoms with Crippen LogP contribution in [0.1, 0.15) is 51.5 Å². The normalized spacial score (nSPS) is 11.8. The molecule has 1 N–H and O–H groups in total. The first-order valence-electron chi connectivity index (χ1n) is 12.6. The molecule has 2 aromatic heterocycles. The summed E-state index contributed by atoms with van der Waals surface area (Å²) in [5.74, 6) is -1.32. The maximum atomic E-state index is 13.1. The van der Waals surface area contributed by atoms with Gasteiger partial charge in [-0.1, -0.05) is 85.8 Å². The van der Waals surface area contributed by atoms with Gasteiger partial charge in [0.25, 0.3) is 0 Å². The van der Waals surface area contributed by atoms with Gasteiger partial charge in [0.1, 0.15) is 5.65 Å². The fourth-order valence-electron chi connectivity index (χ4n) is 4.65. The Bertz CT molecular complexity index is 1600. The van der Waals surface area contributed by atoms with Gasteiger partial charge in [0.05, 0.1) is 23.4 Å². The fraction of sp³-hybridized carbons (Fsp3) is 0.156. The SMILES string of the molecule is CCc1cn2c(C(OC(=O)Cc3ccccc3)c3ccc(-c4ccccc4C(=O)O)cc3)ccc(C)c2n1. The average Bonchev–Trinajstić information content (AvgIpc) is 3.39. The van der Waals surface area contributed by atoms with Gasteiger partial charge in [0.2, 0.25) is 0 Å². The molecule has 1 atom stereocenters. The van der Waals surface area contributed by atoms with E-state index in [2.05, 4.69) is 6.92 Å². The number of pyridine rings is 1. The number of carboxylic acids is 1. The van der Waals surface area contributed by atoms with Crippen LogP contribution in [0, 0.1) is 6.92 Å². The Morgan fingerprint density at radius 1 is 0.921 bits per heavy atom. The highest BCUT2D eigenvalue weighted by molar-refractivity contribution is 5.96. The molecule has 0 aliphatic rings. The van der Waals surface area contributed by atoms with Crippen molar-refractivity contribution in [2.24, 2.45) is 0 Å². The van der Waals surface area contributed by atoms with Gasteiger partial charge in [-0.15, -0.1) is 0 Å². The summed E-state index contributed by atoms with van der Waals surface area (Å²) in [7, 11) is 0. The molecular weight excluding hydrogens is 476 g/mol. The fourth-order valence-corrected chi connectivity index (χ4v) is 4.65. The topological polar surface area (TPSA) is 80.9 Å². The second kappa shape index (κ2) is 10.7. The zero-order chi connectivity index (χ0) is 26.6. The van der Waals surface area contributed by atoms with Gasteiger partial charge in [-0.2, -0.15) is 0 Å². The molecule has 5 rings (SSSR count). The van der Waals surface area contributed by atoms with Crippen molar-refractivity contribution in [3.05, 3.63) is 131 Å². The summed E-state index contributed by atoms with van der Waals surface area (Å²) in [6, 6.07) is 27.9. The van der Waals surface area contributed by atoms with Crippen LogP contribution in [-0.4, -0.2) is 26.4 Å². The molecule has 0 saturated carbocycles. The van der Waals surface area contributed by atoms with E-state index in [0.29, 0.717) is 5.56 Å². The highest BCUT2D eigenvalue weighted by atomic mass is 16.5. The number of aromatic carboxylic acids is 1. The minimum absolute atomic E-state index is 0.153. The number of aryl methyl sites for hydroxylation is 2. The lowest BCUT2D eigenvalue weighted by molar-refractivity contribution is -0.146. The average molecular weight is 505 g/mol. The lowest BCUT2D eigenvalue weighted by Gasteiger charge is -2.21. The molecular formula is C32H28N2O4. The van der Waals surface area contributed by atoms with Crippen LogP contribution in [0.3, 0.4) is 0 Å². The number of hydrogen-bond acceptors (Lipinski definition) is 4. The Kier molecular flexibility index (Phi) is 7.05. The summed E-state index contributed by atoms with van der Waals surface area (Å²) < 4.78 is 8.15. The molecule has 0 aliphatic carbocycles. The number of ether oxygens (including phenoxy) is 1. The first kappa shape index (κ1) is 25.0. The molecule has 0 radical (unpaired) electrons. The van der Waals surface area contributed by atoms with Crippen LogP contribution in [-0.2, 0) is 22.4 Å². The Morgan fingerprint density at radius 3 is 2.34 bits per heavy atom. The largest absolute Gasteiger partial charge is 0.478 e. The lowest BCUT2D eigenvalue weighted by Crippen LogP contribution is -2.17. The number of benzene rings is 3. The van der Waals surface area contributed by atoms with Crippen LogP contribution in [0.2, 0.25) is 0 Å². The van der Waals surface area contributed by atoms with Crippen LogP contribution in [0.4, 0.5) is 0 Å². The molecule has 5 aromatic rings. The van der Waals surface area contributed by atoms with Crippen molar-refractivity contribution in [1.29, 1.82) is 0 Å². The number of carbonyl (C=O) groups excluding carboxylic acids is 1. The third kappa shape index (κ3) is 5.06. The van der Waals surface area contributed by atoms with Crippen molar-refractivity contribution < 1.29 is 19.4 Å². The van der Waals surface area contributed by atoms with Crippen molar-refractivity contribution in [3.8, 4) is 11.1 Å². The summed E-state index contributed by atoms with van der Waals surface area (Å²) in [6.45, 7) is 4.07. The smallest absolute Gasteiger partial charge is 0.336 e. The van der Waals surface area contributed by atoms with E-state index in [-0.39, 0.29) is 18.0 Å². The molecule has 0 bridgehead atoms. The number of fused-ring (bicyclic) bond motifs is 1. The zero-order valence-electron chi connectivity index (χ0n) is 21.3. The number of nitrogens with zero attached hydrogens (tertiary/aromatic N) is 2. The number of imidazole rings is 1. The minimum Gasteiger partial charge on any atom is -0.478 e. The number of carbonyl (C=O) groups is 2. The minimum atomic E-state index is -0.980. The van der Waals surface area contributed by atoms with Gasteiger partial charge in [0, 0.05) is 6.20 Å². The summed E-state index contributed by atoms with van der Waals surface area (Å²) in [4.78, 5) is 29.6. The summed E-state index contributed by atoms with van der Waals surface area (Å²) >= 11 is 0. The Labute approximate surface area is 221 Å². The van der Waals surface area contributed by atoms with Crippen LogP contribution in [0.15, 0.2) is 97.2 Å². The molecule has 3 aromatic carbocycles. The molecule has 0 spiro atoms. The molecule has 6 nitrogen and oxygen atoms in total. The predicted molar refractivity (Wildman–Crippen MR) is 146 cm³/mol. The van der Waals surface area contributed by atoms with Crippen molar-refractivity contribution in [1.82, 2.24) is 9.38 Å². The van der Waals surface area contributed by atoms with E-state index >= 15 is 0 Å². The second-order valence-corrected chi connectivity index (χ2v) is 9.23. The molecule has 0 fully saturated rings. The number of rotatable bonds is 8. The van der Waals surface area contributed by atoms with Gasteiger partial charge in [0.15, 0.2) is 6.10 Å². The van der Waals surface area contributed by atoms with Crippen molar-refractivity contribution in [2.45, 2.75) is 32.8 Å². The first-order valence-corrected chi connectivity index (χ1v) is 12.6. The quantitative estimate of drug-likeness (QED) is 0.246. The highest BCUT2D eigenvalue weighted by Gasteiger charge is 2.24. The van der Waals surface area contributed by atoms with Gasteiger partial charge in [-0.25, -0.2) is 9.78 Å². The molecule has 0 aliphatic heterocycles. The molecule has 190 valence electrons. The van der Waals surface area contributed by atoms with E-state index in [1.54, 1.807) is 18.2 Å². The van der Waals surface area contributed by atoms with E-state index in [0.717, 1.165) is 45.7 Å². The standard InChI is InChI=1S/C32H28N2O4/c1-3-25-20-34-28(18-13-21(2)31(34)33-25)30(38-29(35)19-22-9-5-4-6-10-22)24-16-14-23(15-17-24)26-11-7-8-12-27(26)32(36)37/h4-18,20,30H,3,19H2,1-2H3,(H,36,37). The zero-order valence-corrected chi connectivity index (χ0v) is 21.3. The third-order valence-electron chi connectivity index (χ3n) is 6.64. The van der Waals surface area contributed by atoms with Crippen LogP contribution in [0.5, 0.6) is 0 Å². The number of esters is 1. The van der Waals surface area contributed by atoms with Gasteiger partial charge in [-0.05, 0) is 53.3 Å². The monoisotopic (exact) mass is 504 g/mol. The van der Waals surface area contributed by atoms with Crippen LogP contribution >= 0.6 is 0 Å². The van der Waals surface area contributed by atoms with E-state index in [4.69, 9.17) is 9.72 Å². The number of aromatic nitrogens is 2. The number of carboxylic acid groups (broad SMARTS) is 1. The molecule has 38 heavy (non-hydrogen) atoms. The predicted octanol–water partition coefficient (Wildman–Crippen LogP) is 6.45. The Balaban J connectivity index is 1.56.